The van der Waals surface area contributed by atoms with Crippen molar-refractivity contribution in [1.29, 1.82) is 0 Å². The number of nitrogens with zero attached hydrogens (tertiary/aromatic N) is 4. The van der Waals surface area contributed by atoms with E-state index in [0.717, 1.165) is 35.2 Å². The number of fused-ring (bicyclic) bond motifs is 1. The van der Waals surface area contributed by atoms with E-state index in [1.54, 1.807) is 28.0 Å². The summed E-state index contributed by atoms with van der Waals surface area (Å²) in [6.07, 6.45) is 8.55. The molecule has 5 rings (SSSR count). The summed E-state index contributed by atoms with van der Waals surface area (Å²) in [6, 6.07) is 24.8. The van der Waals surface area contributed by atoms with Crippen LogP contribution in [-0.4, -0.2) is 33.7 Å². The quantitative estimate of drug-likeness (QED) is 0.246. The van der Waals surface area contributed by atoms with Gasteiger partial charge in [0.05, 0.1) is 6.04 Å². The normalized spacial score (nSPS) is 13.4. The van der Waals surface area contributed by atoms with Crippen LogP contribution in [0, 0.1) is 0 Å². The van der Waals surface area contributed by atoms with Gasteiger partial charge in [0.25, 0.3) is 5.91 Å². The minimum Gasteiger partial charge on any atom is -0.482 e. The van der Waals surface area contributed by atoms with Gasteiger partial charge in [-0.05, 0) is 30.0 Å². The standard InChI is InChI=1S/C33H32N4O3/c1-3-5-18-28-27(17-12-20-34-28)30(26-15-10-7-11-16-26)37-24-35(21-4-2)33(39)31-32(29(38)19-22-36(31)37)40-23-25-13-8-6-9-14-25/h3-4,6-17,19-20,22,30H,1-2,5,18,21,23-24H2. The van der Waals surface area contributed by atoms with Crippen LogP contribution in [0.15, 0.2) is 121 Å². The molecule has 2 aromatic heterocycles. The molecule has 40 heavy (non-hydrogen) atoms. The highest BCUT2D eigenvalue weighted by Gasteiger charge is 2.37. The average molecular weight is 533 g/mol. The molecule has 1 amide bonds. The van der Waals surface area contributed by atoms with Gasteiger partial charge in [-0.2, -0.15) is 0 Å². The van der Waals surface area contributed by atoms with Gasteiger partial charge in [-0.3, -0.25) is 24.3 Å². The molecular weight excluding hydrogens is 500 g/mol. The molecule has 2 aromatic carbocycles. The van der Waals surface area contributed by atoms with E-state index in [1.165, 1.54) is 6.07 Å². The summed E-state index contributed by atoms with van der Waals surface area (Å²) in [5, 5.41) is 2.08. The molecule has 3 heterocycles. The summed E-state index contributed by atoms with van der Waals surface area (Å²) >= 11 is 0. The predicted octanol–water partition coefficient (Wildman–Crippen LogP) is 5.27. The Kier molecular flexibility index (Phi) is 8.21. The van der Waals surface area contributed by atoms with Crippen LogP contribution in [0.5, 0.6) is 5.75 Å². The zero-order valence-corrected chi connectivity index (χ0v) is 22.4. The van der Waals surface area contributed by atoms with E-state index >= 15 is 0 Å². The third-order valence-electron chi connectivity index (χ3n) is 6.91. The lowest BCUT2D eigenvalue weighted by molar-refractivity contribution is 0.0698. The third kappa shape index (κ3) is 5.45. The van der Waals surface area contributed by atoms with Gasteiger partial charge >= 0.3 is 0 Å². The summed E-state index contributed by atoms with van der Waals surface area (Å²) < 4.78 is 7.85. The van der Waals surface area contributed by atoms with Gasteiger partial charge in [0.15, 0.2) is 11.4 Å². The van der Waals surface area contributed by atoms with E-state index in [2.05, 4.69) is 36.4 Å². The summed E-state index contributed by atoms with van der Waals surface area (Å²) in [4.78, 5) is 33.4. The first kappa shape index (κ1) is 26.7. The van der Waals surface area contributed by atoms with Gasteiger partial charge in [-0.15, -0.1) is 13.2 Å². The Bertz CT molecular complexity index is 1550. The number of hydrogen-bond acceptors (Lipinski definition) is 5. The van der Waals surface area contributed by atoms with Crippen molar-refractivity contribution in [1.82, 2.24) is 14.6 Å². The van der Waals surface area contributed by atoms with Crippen LogP contribution in [0.2, 0.25) is 0 Å². The molecule has 4 aromatic rings. The molecule has 0 fully saturated rings. The first-order valence-corrected chi connectivity index (χ1v) is 13.3. The number of allylic oxidation sites excluding steroid dienone is 1. The van der Waals surface area contributed by atoms with Gasteiger partial charge in [-0.1, -0.05) is 78.9 Å². The molecule has 0 radical (unpaired) electrons. The largest absolute Gasteiger partial charge is 0.482 e. The lowest BCUT2D eigenvalue weighted by Crippen LogP contribution is -2.55. The molecule has 7 nitrogen and oxygen atoms in total. The highest BCUT2D eigenvalue weighted by molar-refractivity contribution is 5.96. The first-order valence-electron chi connectivity index (χ1n) is 13.3. The summed E-state index contributed by atoms with van der Waals surface area (Å²) in [5.41, 5.74) is 3.73. The number of hydrogen-bond donors (Lipinski definition) is 0. The molecular formula is C33H32N4O3. The average Bonchev–Trinajstić information content (AvgIpc) is 2.99. The van der Waals surface area contributed by atoms with E-state index in [1.807, 2.05) is 60.7 Å². The summed E-state index contributed by atoms with van der Waals surface area (Å²) in [5.74, 6) is -0.262. The maximum absolute atomic E-state index is 13.8. The fourth-order valence-corrected chi connectivity index (χ4v) is 5.04. The third-order valence-corrected chi connectivity index (χ3v) is 6.91. The van der Waals surface area contributed by atoms with Crippen LogP contribution in [0.3, 0.4) is 0 Å². The van der Waals surface area contributed by atoms with Crippen molar-refractivity contribution < 1.29 is 9.53 Å². The molecule has 1 unspecified atom stereocenters. The minimum atomic E-state index is -0.347. The second kappa shape index (κ2) is 12.3. The molecule has 0 bridgehead atoms. The highest BCUT2D eigenvalue weighted by atomic mass is 16.5. The number of ether oxygens (including phenoxy) is 1. The number of aryl methyl sites for hydroxylation is 1. The Balaban J connectivity index is 1.68. The van der Waals surface area contributed by atoms with Crippen LogP contribution in [-0.2, 0) is 13.0 Å². The van der Waals surface area contributed by atoms with Crippen molar-refractivity contribution in [3.8, 4) is 5.75 Å². The fourth-order valence-electron chi connectivity index (χ4n) is 5.04. The van der Waals surface area contributed by atoms with E-state index < -0.39 is 0 Å². The minimum absolute atomic E-state index is 0.0278. The molecule has 1 atom stereocenters. The predicted molar refractivity (Wildman–Crippen MR) is 157 cm³/mol. The van der Waals surface area contributed by atoms with Gasteiger partial charge < -0.3 is 9.64 Å². The molecule has 0 spiro atoms. The maximum atomic E-state index is 13.8. The number of aromatic nitrogens is 2. The van der Waals surface area contributed by atoms with Crippen LogP contribution in [0.1, 0.15) is 45.3 Å². The summed E-state index contributed by atoms with van der Waals surface area (Å²) in [7, 11) is 0. The van der Waals surface area contributed by atoms with Gasteiger partial charge in [0, 0.05) is 36.3 Å². The van der Waals surface area contributed by atoms with E-state index in [4.69, 9.17) is 9.72 Å². The fraction of sp³-hybridized carbons (Fsp3) is 0.182. The number of pyridine rings is 2. The van der Waals surface area contributed by atoms with Gasteiger partial charge in [0.1, 0.15) is 13.3 Å². The first-order chi connectivity index (χ1) is 19.6. The Morgan fingerprint density at radius 2 is 1.68 bits per heavy atom. The van der Waals surface area contributed by atoms with Crippen LogP contribution in [0.4, 0.5) is 0 Å². The Morgan fingerprint density at radius 3 is 2.40 bits per heavy atom. The monoisotopic (exact) mass is 532 g/mol. The molecule has 0 N–H and O–H groups in total. The van der Waals surface area contributed by atoms with Crippen LogP contribution in [0.25, 0.3) is 0 Å². The second-order valence-corrected chi connectivity index (χ2v) is 9.55. The van der Waals surface area contributed by atoms with Crippen LogP contribution < -0.4 is 15.2 Å². The Morgan fingerprint density at radius 1 is 0.925 bits per heavy atom. The molecule has 1 aliphatic rings. The zero-order chi connectivity index (χ0) is 27.9. The maximum Gasteiger partial charge on any atom is 0.278 e. The van der Waals surface area contributed by atoms with Crippen molar-refractivity contribution in [2.24, 2.45) is 0 Å². The molecule has 1 aliphatic heterocycles. The number of benzene rings is 2. The zero-order valence-electron chi connectivity index (χ0n) is 22.4. The number of amides is 1. The van der Waals surface area contributed by atoms with Crippen molar-refractivity contribution >= 4 is 5.91 Å². The summed E-state index contributed by atoms with van der Waals surface area (Å²) in [6.45, 7) is 8.50. The molecule has 7 heteroatoms. The number of carbonyl (C=O) groups is 1. The van der Waals surface area contributed by atoms with Gasteiger partial charge in [0.2, 0.25) is 5.43 Å². The van der Waals surface area contributed by atoms with Crippen molar-refractivity contribution in [3.63, 3.8) is 0 Å². The molecule has 0 saturated carbocycles. The lowest BCUT2D eigenvalue weighted by atomic mass is 9.95. The second-order valence-electron chi connectivity index (χ2n) is 9.55. The van der Waals surface area contributed by atoms with Crippen molar-refractivity contribution in [2.45, 2.75) is 25.5 Å². The lowest BCUT2D eigenvalue weighted by Gasteiger charge is -2.44. The number of rotatable bonds is 11. The smallest absolute Gasteiger partial charge is 0.278 e. The van der Waals surface area contributed by atoms with Gasteiger partial charge in [-0.25, -0.2) is 0 Å². The van der Waals surface area contributed by atoms with E-state index in [9.17, 15) is 9.59 Å². The molecule has 0 saturated heterocycles. The van der Waals surface area contributed by atoms with Crippen molar-refractivity contribution in [2.75, 3.05) is 18.2 Å². The Labute approximate surface area is 234 Å². The Hall–Kier alpha value is -4.91. The topological polar surface area (TPSA) is 67.7 Å². The van der Waals surface area contributed by atoms with E-state index in [-0.39, 0.29) is 42.1 Å². The number of carbonyl (C=O) groups excluding carboxylic acids is 1. The van der Waals surface area contributed by atoms with E-state index in [0.29, 0.717) is 6.54 Å². The van der Waals surface area contributed by atoms with Crippen LogP contribution >= 0.6 is 0 Å². The molecule has 202 valence electrons. The van der Waals surface area contributed by atoms with Crippen molar-refractivity contribution in [3.05, 3.63) is 155 Å². The molecule has 0 aliphatic carbocycles. The highest BCUT2D eigenvalue weighted by Crippen LogP contribution is 2.34. The SMILES string of the molecule is C=CCCc1ncccc1C(c1ccccc1)N1CN(CC=C)C(=O)c2c(OCc3ccccc3)c(=O)ccn21.